The van der Waals surface area contributed by atoms with Gasteiger partial charge in [0.2, 0.25) is 5.91 Å². The highest BCUT2D eigenvalue weighted by molar-refractivity contribution is 7.09. The molecule has 0 aliphatic carbocycles. The van der Waals surface area contributed by atoms with Crippen LogP contribution >= 0.6 is 11.3 Å². The first-order chi connectivity index (χ1) is 9.29. The standard InChI is InChI=1S/C14H22N2O2S/c1-18-7-6-16(11-13-3-2-8-19-13)14(17)9-12-4-5-15-10-12/h2-3,8,12,15H,4-7,9-11H2,1H3. The molecule has 2 heterocycles. The summed E-state index contributed by atoms with van der Waals surface area (Å²) in [6.45, 7) is 4.00. The minimum Gasteiger partial charge on any atom is -0.383 e. The molecule has 106 valence electrons. The predicted molar refractivity (Wildman–Crippen MR) is 77.2 cm³/mol. The van der Waals surface area contributed by atoms with Gasteiger partial charge in [-0.15, -0.1) is 11.3 Å². The van der Waals surface area contributed by atoms with Gasteiger partial charge in [0, 0.05) is 25.0 Å². The van der Waals surface area contributed by atoms with Gasteiger partial charge in [0.25, 0.3) is 0 Å². The molecule has 5 heteroatoms. The molecule has 1 N–H and O–H groups in total. The first kappa shape index (κ1) is 14.5. The maximum absolute atomic E-state index is 12.4. The molecule has 1 aromatic heterocycles. The van der Waals surface area contributed by atoms with E-state index >= 15 is 0 Å². The zero-order chi connectivity index (χ0) is 13.5. The lowest BCUT2D eigenvalue weighted by Gasteiger charge is -2.23. The molecule has 4 nitrogen and oxygen atoms in total. The zero-order valence-electron chi connectivity index (χ0n) is 11.4. The molecular formula is C14H22N2O2S. The lowest BCUT2D eigenvalue weighted by atomic mass is 10.0. The largest absolute Gasteiger partial charge is 0.383 e. The number of hydrogen-bond acceptors (Lipinski definition) is 4. The third kappa shape index (κ3) is 4.60. The first-order valence-corrected chi connectivity index (χ1v) is 7.67. The Kier molecular flexibility index (Phi) is 5.82. The van der Waals surface area contributed by atoms with Crippen LogP contribution in [0.4, 0.5) is 0 Å². The zero-order valence-corrected chi connectivity index (χ0v) is 12.2. The summed E-state index contributed by atoms with van der Waals surface area (Å²) >= 11 is 1.70. The summed E-state index contributed by atoms with van der Waals surface area (Å²) in [4.78, 5) is 15.5. The molecule has 1 fully saturated rings. The highest BCUT2D eigenvalue weighted by Crippen LogP contribution is 2.17. The highest BCUT2D eigenvalue weighted by Gasteiger charge is 2.22. The summed E-state index contributed by atoms with van der Waals surface area (Å²) in [7, 11) is 1.68. The molecule has 0 saturated carbocycles. The van der Waals surface area contributed by atoms with Crippen molar-refractivity contribution in [3.63, 3.8) is 0 Å². The van der Waals surface area contributed by atoms with E-state index in [1.165, 1.54) is 4.88 Å². The smallest absolute Gasteiger partial charge is 0.223 e. The number of nitrogens with zero attached hydrogens (tertiary/aromatic N) is 1. The Morgan fingerprint density at radius 2 is 2.53 bits per heavy atom. The van der Waals surface area contributed by atoms with Gasteiger partial charge in [0.1, 0.15) is 0 Å². The number of hydrogen-bond donors (Lipinski definition) is 1. The van der Waals surface area contributed by atoms with Gasteiger partial charge in [-0.2, -0.15) is 0 Å². The van der Waals surface area contributed by atoms with Crippen LogP contribution in [0.15, 0.2) is 17.5 Å². The Labute approximate surface area is 118 Å². The van der Waals surface area contributed by atoms with Crippen LogP contribution in [0.3, 0.4) is 0 Å². The number of carbonyl (C=O) groups excluding carboxylic acids is 1. The number of carbonyl (C=O) groups is 1. The molecule has 1 saturated heterocycles. The van der Waals surface area contributed by atoms with E-state index in [0.717, 1.165) is 19.5 Å². The molecule has 1 aromatic rings. The lowest BCUT2D eigenvalue weighted by Crippen LogP contribution is -2.34. The van der Waals surface area contributed by atoms with E-state index in [-0.39, 0.29) is 5.91 Å². The molecule has 1 atom stereocenters. The van der Waals surface area contributed by atoms with E-state index in [4.69, 9.17) is 4.74 Å². The van der Waals surface area contributed by atoms with Gasteiger partial charge in [-0.25, -0.2) is 0 Å². The van der Waals surface area contributed by atoms with Gasteiger partial charge in [0.15, 0.2) is 0 Å². The predicted octanol–water partition coefficient (Wildman–Crippen LogP) is 1.72. The fourth-order valence-electron chi connectivity index (χ4n) is 2.35. The number of ether oxygens (including phenoxy) is 1. The van der Waals surface area contributed by atoms with Crippen LogP contribution in [-0.2, 0) is 16.1 Å². The van der Waals surface area contributed by atoms with Crippen molar-refractivity contribution in [2.24, 2.45) is 5.92 Å². The van der Waals surface area contributed by atoms with Crippen LogP contribution < -0.4 is 5.32 Å². The average molecular weight is 282 g/mol. The normalized spacial score (nSPS) is 18.7. The third-order valence-corrected chi connectivity index (χ3v) is 4.33. The Hall–Kier alpha value is -0.910. The van der Waals surface area contributed by atoms with Crippen molar-refractivity contribution >= 4 is 17.2 Å². The van der Waals surface area contributed by atoms with E-state index in [1.807, 2.05) is 11.0 Å². The fourth-order valence-corrected chi connectivity index (χ4v) is 3.07. The van der Waals surface area contributed by atoms with Gasteiger partial charge in [-0.3, -0.25) is 4.79 Å². The SMILES string of the molecule is COCCN(Cc1cccs1)C(=O)CC1CCNC1. The summed E-state index contributed by atoms with van der Waals surface area (Å²) in [6, 6.07) is 4.11. The fraction of sp³-hybridized carbons (Fsp3) is 0.643. The molecule has 0 aromatic carbocycles. The molecule has 0 radical (unpaired) electrons. The number of thiophene rings is 1. The highest BCUT2D eigenvalue weighted by atomic mass is 32.1. The van der Waals surface area contributed by atoms with Gasteiger partial charge in [-0.05, 0) is 36.9 Å². The van der Waals surface area contributed by atoms with E-state index in [2.05, 4.69) is 16.8 Å². The first-order valence-electron chi connectivity index (χ1n) is 6.79. The number of methoxy groups -OCH3 is 1. The van der Waals surface area contributed by atoms with E-state index in [0.29, 0.717) is 32.0 Å². The monoisotopic (exact) mass is 282 g/mol. The van der Waals surface area contributed by atoms with Crippen LogP contribution in [0.1, 0.15) is 17.7 Å². The van der Waals surface area contributed by atoms with E-state index in [9.17, 15) is 4.79 Å². The summed E-state index contributed by atoms with van der Waals surface area (Å²) in [6.07, 6.45) is 1.77. The van der Waals surface area contributed by atoms with Crippen LogP contribution in [0.2, 0.25) is 0 Å². The summed E-state index contributed by atoms with van der Waals surface area (Å²) in [5.41, 5.74) is 0. The quantitative estimate of drug-likeness (QED) is 0.828. The Bertz CT molecular complexity index is 375. The lowest BCUT2D eigenvalue weighted by molar-refractivity contribution is -0.133. The summed E-state index contributed by atoms with van der Waals surface area (Å²) < 4.78 is 5.11. The minimum absolute atomic E-state index is 0.249. The van der Waals surface area contributed by atoms with Crippen LogP contribution in [0.5, 0.6) is 0 Å². The average Bonchev–Trinajstić information content (AvgIpc) is 3.07. The Morgan fingerprint density at radius 1 is 1.63 bits per heavy atom. The van der Waals surface area contributed by atoms with Crippen molar-refractivity contribution in [3.05, 3.63) is 22.4 Å². The van der Waals surface area contributed by atoms with Crippen molar-refractivity contribution < 1.29 is 9.53 Å². The van der Waals surface area contributed by atoms with Crippen molar-refractivity contribution in [1.29, 1.82) is 0 Å². The van der Waals surface area contributed by atoms with Crippen LogP contribution in [-0.4, -0.2) is 44.2 Å². The van der Waals surface area contributed by atoms with E-state index < -0.39 is 0 Å². The molecular weight excluding hydrogens is 260 g/mol. The van der Waals surface area contributed by atoms with Crippen LogP contribution in [0, 0.1) is 5.92 Å². The van der Waals surface area contributed by atoms with Gasteiger partial charge < -0.3 is 15.0 Å². The number of nitrogens with one attached hydrogen (secondary N) is 1. The molecule has 1 unspecified atom stereocenters. The molecule has 2 rings (SSSR count). The molecule has 1 aliphatic rings. The van der Waals surface area contributed by atoms with Gasteiger partial charge in [-0.1, -0.05) is 6.07 Å². The van der Waals surface area contributed by atoms with Crippen LogP contribution in [0.25, 0.3) is 0 Å². The maximum Gasteiger partial charge on any atom is 0.223 e. The summed E-state index contributed by atoms with van der Waals surface area (Å²) in [5, 5.41) is 5.36. The Balaban J connectivity index is 1.89. The van der Waals surface area contributed by atoms with Gasteiger partial charge >= 0.3 is 0 Å². The van der Waals surface area contributed by atoms with Crippen molar-refractivity contribution in [2.45, 2.75) is 19.4 Å². The minimum atomic E-state index is 0.249. The molecule has 1 aliphatic heterocycles. The number of rotatable bonds is 7. The maximum atomic E-state index is 12.4. The topological polar surface area (TPSA) is 41.6 Å². The number of amides is 1. The summed E-state index contributed by atoms with van der Waals surface area (Å²) in [5.74, 6) is 0.750. The van der Waals surface area contributed by atoms with Crippen molar-refractivity contribution in [1.82, 2.24) is 10.2 Å². The van der Waals surface area contributed by atoms with E-state index in [1.54, 1.807) is 18.4 Å². The van der Waals surface area contributed by atoms with Crippen molar-refractivity contribution in [2.75, 3.05) is 33.4 Å². The molecule has 19 heavy (non-hydrogen) atoms. The van der Waals surface area contributed by atoms with Gasteiger partial charge in [0.05, 0.1) is 13.2 Å². The second-order valence-corrected chi connectivity index (χ2v) is 5.98. The molecule has 0 spiro atoms. The Morgan fingerprint density at radius 3 is 3.16 bits per heavy atom. The second-order valence-electron chi connectivity index (χ2n) is 4.95. The second kappa shape index (κ2) is 7.62. The molecule has 0 bridgehead atoms. The third-order valence-electron chi connectivity index (χ3n) is 3.47. The van der Waals surface area contributed by atoms with Crippen molar-refractivity contribution in [3.8, 4) is 0 Å². The molecule has 1 amide bonds.